The second kappa shape index (κ2) is 3.39. The number of aryl methyl sites for hydroxylation is 1. The first-order chi connectivity index (χ1) is 7.75. The fourth-order valence-electron chi connectivity index (χ4n) is 1.72. The molecule has 0 aliphatic carbocycles. The fourth-order valence-corrected chi connectivity index (χ4v) is 1.94. The molecule has 0 unspecified atom stereocenters. The van der Waals surface area contributed by atoms with E-state index in [0.717, 1.165) is 22.4 Å². The molecule has 2 heterocycles. The van der Waals surface area contributed by atoms with Gasteiger partial charge in [-0.3, -0.25) is 0 Å². The maximum absolute atomic E-state index is 6.06. The fraction of sp³-hybridized carbons (Fsp3) is 0.0833. The van der Waals surface area contributed by atoms with Crippen molar-refractivity contribution in [2.75, 3.05) is 0 Å². The molecule has 16 heavy (non-hydrogen) atoms. The average molecular weight is 233 g/mol. The highest BCUT2D eigenvalue weighted by Gasteiger charge is 2.11. The minimum atomic E-state index is 0.643. The van der Waals surface area contributed by atoms with Gasteiger partial charge in [0.05, 0.1) is 16.8 Å². The number of rotatable bonds is 1. The second-order valence-electron chi connectivity index (χ2n) is 3.65. The first-order valence-corrected chi connectivity index (χ1v) is 5.32. The van der Waals surface area contributed by atoms with E-state index in [2.05, 4.69) is 9.97 Å². The molecule has 0 fully saturated rings. The van der Waals surface area contributed by atoms with Gasteiger partial charge in [0.1, 0.15) is 5.52 Å². The molecule has 1 aromatic carbocycles. The van der Waals surface area contributed by atoms with Crippen LogP contribution < -0.4 is 0 Å². The minimum Gasteiger partial charge on any atom is -0.461 e. The summed E-state index contributed by atoms with van der Waals surface area (Å²) in [4.78, 5) is 7.62. The van der Waals surface area contributed by atoms with Crippen LogP contribution in [-0.4, -0.2) is 9.97 Å². The number of hydrogen-bond donors (Lipinski definition) is 1. The summed E-state index contributed by atoms with van der Waals surface area (Å²) in [6.45, 7) is 1.98. The number of furan rings is 1. The molecule has 2 aromatic heterocycles. The SMILES string of the molecule is Cc1ccoc1-c1nc2c(Cl)cccc2[nH]1. The van der Waals surface area contributed by atoms with E-state index < -0.39 is 0 Å². The van der Waals surface area contributed by atoms with E-state index in [9.17, 15) is 0 Å². The van der Waals surface area contributed by atoms with Gasteiger partial charge in [-0.25, -0.2) is 4.98 Å². The summed E-state index contributed by atoms with van der Waals surface area (Å²) >= 11 is 6.06. The maximum atomic E-state index is 6.06. The summed E-state index contributed by atoms with van der Waals surface area (Å²) in [5.74, 6) is 1.47. The van der Waals surface area contributed by atoms with Crippen molar-refractivity contribution >= 4 is 22.6 Å². The third-order valence-corrected chi connectivity index (χ3v) is 2.85. The largest absolute Gasteiger partial charge is 0.461 e. The molecule has 3 rings (SSSR count). The van der Waals surface area contributed by atoms with Gasteiger partial charge in [-0.2, -0.15) is 0 Å². The molecule has 0 bridgehead atoms. The van der Waals surface area contributed by atoms with Crippen LogP contribution >= 0.6 is 11.6 Å². The molecular weight excluding hydrogens is 224 g/mol. The summed E-state index contributed by atoms with van der Waals surface area (Å²) in [5, 5.41) is 0.643. The summed E-state index contributed by atoms with van der Waals surface area (Å²) < 4.78 is 5.38. The van der Waals surface area contributed by atoms with Gasteiger partial charge in [0, 0.05) is 0 Å². The van der Waals surface area contributed by atoms with E-state index in [4.69, 9.17) is 16.0 Å². The quantitative estimate of drug-likeness (QED) is 0.694. The smallest absolute Gasteiger partial charge is 0.174 e. The Morgan fingerprint density at radius 3 is 2.88 bits per heavy atom. The third kappa shape index (κ3) is 1.32. The van der Waals surface area contributed by atoms with E-state index >= 15 is 0 Å². The number of halogens is 1. The lowest BCUT2D eigenvalue weighted by molar-refractivity contribution is 0.577. The Hall–Kier alpha value is -1.74. The molecule has 4 heteroatoms. The van der Waals surface area contributed by atoms with Gasteiger partial charge in [-0.05, 0) is 30.7 Å². The number of para-hydroxylation sites is 1. The number of aromatic amines is 1. The zero-order valence-electron chi connectivity index (χ0n) is 8.62. The topological polar surface area (TPSA) is 41.8 Å². The van der Waals surface area contributed by atoms with Crippen molar-refractivity contribution in [2.45, 2.75) is 6.92 Å². The van der Waals surface area contributed by atoms with Gasteiger partial charge < -0.3 is 9.40 Å². The Labute approximate surface area is 97.1 Å². The average Bonchev–Trinajstić information content (AvgIpc) is 2.84. The van der Waals surface area contributed by atoms with Gasteiger partial charge in [-0.15, -0.1) is 0 Å². The lowest BCUT2D eigenvalue weighted by Crippen LogP contribution is -1.78. The number of imidazole rings is 1. The van der Waals surface area contributed by atoms with Crippen molar-refractivity contribution in [3.8, 4) is 11.6 Å². The van der Waals surface area contributed by atoms with Crippen molar-refractivity contribution in [3.63, 3.8) is 0 Å². The van der Waals surface area contributed by atoms with Gasteiger partial charge in [0.15, 0.2) is 11.6 Å². The van der Waals surface area contributed by atoms with Crippen LogP contribution in [0.5, 0.6) is 0 Å². The van der Waals surface area contributed by atoms with Crippen LogP contribution in [0.25, 0.3) is 22.6 Å². The molecule has 0 amide bonds. The van der Waals surface area contributed by atoms with Gasteiger partial charge >= 0.3 is 0 Å². The Kier molecular flexibility index (Phi) is 2.01. The predicted octanol–water partition coefficient (Wildman–Crippen LogP) is 3.78. The number of nitrogens with one attached hydrogen (secondary N) is 1. The van der Waals surface area contributed by atoms with Crippen molar-refractivity contribution in [3.05, 3.63) is 41.1 Å². The molecular formula is C12H9ClN2O. The molecule has 0 saturated heterocycles. The number of nitrogens with zero attached hydrogens (tertiary/aromatic N) is 1. The van der Waals surface area contributed by atoms with Crippen molar-refractivity contribution in [1.82, 2.24) is 9.97 Å². The van der Waals surface area contributed by atoms with Crippen LogP contribution in [0.3, 0.4) is 0 Å². The standard InChI is InChI=1S/C12H9ClN2O/c1-7-5-6-16-11(7)12-14-9-4-2-3-8(13)10(9)15-12/h2-6H,1H3,(H,14,15). The Bertz CT molecular complexity index is 654. The molecule has 0 radical (unpaired) electrons. The monoisotopic (exact) mass is 232 g/mol. The van der Waals surface area contributed by atoms with E-state index in [1.165, 1.54) is 0 Å². The highest BCUT2D eigenvalue weighted by Crippen LogP contribution is 2.27. The number of H-pyrrole nitrogens is 1. The van der Waals surface area contributed by atoms with E-state index in [1.54, 1.807) is 6.26 Å². The van der Waals surface area contributed by atoms with Crippen LogP contribution in [0.1, 0.15) is 5.56 Å². The molecule has 0 spiro atoms. The van der Waals surface area contributed by atoms with Crippen LogP contribution in [0.15, 0.2) is 34.9 Å². The molecule has 0 aliphatic rings. The molecule has 3 aromatic rings. The Morgan fingerprint density at radius 1 is 1.31 bits per heavy atom. The van der Waals surface area contributed by atoms with E-state index in [-0.39, 0.29) is 0 Å². The molecule has 0 atom stereocenters. The lowest BCUT2D eigenvalue weighted by atomic mass is 10.3. The second-order valence-corrected chi connectivity index (χ2v) is 4.06. The summed E-state index contributed by atoms with van der Waals surface area (Å²) in [6.07, 6.45) is 1.65. The van der Waals surface area contributed by atoms with Gasteiger partial charge in [0.25, 0.3) is 0 Å². The summed E-state index contributed by atoms with van der Waals surface area (Å²) in [6, 6.07) is 7.56. The zero-order chi connectivity index (χ0) is 11.1. The lowest BCUT2D eigenvalue weighted by Gasteiger charge is -1.90. The van der Waals surface area contributed by atoms with E-state index in [1.807, 2.05) is 31.2 Å². The van der Waals surface area contributed by atoms with Crippen molar-refractivity contribution < 1.29 is 4.42 Å². The van der Waals surface area contributed by atoms with Crippen molar-refractivity contribution in [2.24, 2.45) is 0 Å². The van der Waals surface area contributed by atoms with Crippen molar-refractivity contribution in [1.29, 1.82) is 0 Å². The predicted molar refractivity (Wildman–Crippen MR) is 63.5 cm³/mol. The van der Waals surface area contributed by atoms with Crippen LogP contribution in [0.4, 0.5) is 0 Å². The molecule has 1 N–H and O–H groups in total. The highest BCUT2D eigenvalue weighted by molar-refractivity contribution is 6.34. The molecule has 0 saturated carbocycles. The third-order valence-electron chi connectivity index (χ3n) is 2.54. The molecule has 3 nitrogen and oxygen atoms in total. The molecule has 80 valence electrons. The molecule has 0 aliphatic heterocycles. The van der Waals surface area contributed by atoms with Crippen LogP contribution in [0, 0.1) is 6.92 Å². The first kappa shape index (κ1) is 9.48. The van der Waals surface area contributed by atoms with Gasteiger partial charge in [0.2, 0.25) is 0 Å². The normalized spacial score (nSPS) is 11.1. The minimum absolute atomic E-state index is 0.643. The first-order valence-electron chi connectivity index (χ1n) is 4.94. The summed E-state index contributed by atoms with van der Waals surface area (Å²) in [5.41, 5.74) is 2.74. The Balaban J connectivity index is 2.27. The number of benzene rings is 1. The van der Waals surface area contributed by atoms with Crippen LogP contribution in [-0.2, 0) is 0 Å². The zero-order valence-corrected chi connectivity index (χ0v) is 9.38. The van der Waals surface area contributed by atoms with E-state index in [0.29, 0.717) is 10.8 Å². The summed E-state index contributed by atoms with van der Waals surface area (Å²) in [7, 11) is 0. The maximum Gasteiger partial charge on any atom is 0.174 e. The number of aromatic nitrogens is 2. The van der Waals surface area contributed by atoms with Gasteiger partial charge in [-0.1, -0.05) is 17.7 Å². The van der Waals surface area contributed by atoms with Crippen LogP contribution in [0.2, 0.25) is 5.02 Å². The number of fused-ring (bicyclic) bond motifs is 1. The highest BCUT2D eigenvalue weighted by atomic mass is 35.5. The number of hydrogen-bond acceptors (Lipinski definition) is 2. The Morgan fingerprint density at radius 2 is 2.19 bits per heavy atom.